The predicted molar refractivity (Wildman–Crippen MR) is 71.0 cm³/mol. The molecule has 1 saturated heterocycles. The van der Waals surface area contributed by atoms with Gasteiger partial charge in [-0.05, 0) is 25.1 Å². The van der Waals surface area contributed by atoms with Gasteiger partial charge in [0.05, 0.1) is 24.5 Å². The van der Waals surface area contributed by atoms with Crippen LogP contribution >= 0.6 is 0 Å². The molecule has 2 rings (SSSR count). The van der Waals surface area contributed by atoms with E-state index in [0.717, 1.165) is 18.2 Å². The van der Waals surface area contributed by atoms with Gasteiger partial charge in [0, 0.05) is 13.1 Å². The number of hydrogen-bond donors (Lipinski definition) is 2. The normalized spacial score (nSPS) is 24.8. The molecule has 1 aromatic rings. The molecular weight excluding hydrogens is 287 g/mol. The van der Waals surface area contributed by atoms with Crippen LogP contribution in [0.2, 0.25) is 0 Å². The fraction of sp³-hybridized carbons (Fsp3) is 0.500. The summed E-state index contributed by atoms with van der Waals surface area (Å²) in [4.78, 5) is -0.135. The zero-order chi connectivity index (χ0) is 14.9. The number of rotatable bonds is 3. The highest BCUT2D eigenvalue weighted by atomic mass is 32.2. The number of ether oxygens (including phenoxy) is 1. The molecule has 6 nitrogen and oxygen atoms in total. The Morgan fingerprint density at radius 3 is 2.80 bits per heavy atom. The van der Waals surface area contributed by atoms with E-state index in [-0.39, 0.29) is 36.4 Å². The lowest BCUT2D eigenvalue weighted by Gasteiger charge is -2.35. The Balaban J connectivity index is 2.34. The zero-order valence-electron chi connectivity index (χ0n) is 11.0. The van der Waals surface area contributed by atoms with E-state index in [9.17, 15) is 12.8 Å². The van der Waals surface area contributed by atoms with Gasteiger partial charge in [-0.2, -0.15) is 4.31 Å². The standard InChI is InChI=1S/C12H17FN2O4S/c1-8-5-15(6-10(7-16)19-8)20(17,18)12-3-2-9(13)4-11(12)14/h2-4,8,10,16H,5-7,14H2,1H3. The van der Waals surface area contributed by atoms with Crippen LogP contribution in [0, 0.1) is 5.82 Å². The number of sulfonamides is 1. The van der Waals surface area contributed by atoms with Crippen molar-refractivity contribution in [3.8, 4) is 0 Å². The molecule has 0 amide bonds. The van der Waals surface area contributed by atoms with E-state index in [4.69, 9.17) is 15.6 Å². The second kappa shape index (κ2) is 5.65. The molecule has 3 N–H and O–H groups in total. The van der Waals surface area contributed by atoms with E-state index in [1.54, 1.807) is 6.92 Å². The third-order valence-electron chi connectivity index (χ3n) is 3.09. The highest BCUT2D eigenvalue weighted by Gasteiger charge is 2.34. The first-order valence-corrected chi connectivity index (χ1v) is 7.60. The molecule has 0 bridgehead atoms. The van der Waals surface area contributed by atoms with Crippen molar-refractivity contribution in [1.82, 2.24) is 4.31 Å². The maximum absolute atomic E-state index is 13.0. The number of morpholine rings is 1. The fourth-order valence-corrected chi connectivity index (χ4v) is 3.84. The number of anilines is 1. The average Bonchev–Trinajstić information content (AvgIpc) is 2.37. The van der Waals surface area contributed by atoms with Crippen molar-refractivity contribution < 1.29 is 22.7 Å². The number of aliphatic hydroxyl groups excluding tert-OH is 1. The monoisotopic (exact) mass is 304 g/mol. The summed E-state index contributed by atoms with van der Waals surface area (Å²) in [6, 6.07) is 3.17. The van der Waals surface area contributed by atoms with Crippen LogP contribution in [0.5, 0.6) is 0 Å². The van der Waals surface area contributed by atoms with Gasteiger partial charge in [-0.15, -0.1) is 0 Å². The maximum atomic E-state index is 13.0. The van der Waals surface area contributed by atoms with Crippen molar-refractivity contribution in [2.45, 2.75) is 24.0 Å². The van der Waals surface area contributed by atoms with Crippen LogP contribution in [-0.4, -0.2) is 49.7 Å². The molecule has 1 fully saturated rings. The number of nitrogen functional groups attached to an aromatic ring is 1. The molecule has 8 heteroatoms. The third-order valence-corrected chi connectivity index (χ3v) is 4.99. The first-order valence-electron chi connectivity index (χ1n) is 6.16. The van der Waals surface area contributed by atoms with Gasteiger partial charge in [0.2, 0.25) is 10.0 Å². The molecule has 1 aliphatic heterocycles. The molecule has 1 aliphatic rings. The summed E-state index contributed by atoms with van der Waals surface area (Å²) in [5.74, 6) is -0.593. The van der Waals surface area contributed by atoms with E-state index in [1.807, 2.05) is 0 Å². The number of aliphatic hydroxyl groups is 1. The SMILES string of the molecule is CC1CN(S(=O)(=O)c2ccc(F)cc2N)CC(CO)O1. The minimum atomic E-state index is -3.83. The Kier molecular flexibility index (Phi) is 4.28. The van der Waals surface area contributed by atoms with Crippen molar-refractivity contribution in [2.75, 3.05) is 25.4 Å². The third kappa shape index (κ3) is 2.93. The summed E-state index contributed by atoms with van der Waals surface area (Å²) >= 11 is 0. The van der Waals surface area contributed by atoms with Crippen LogP contribution in [0.1, 0.15) is 6.92 Å². The molecule has 1 aromatic carbocycles. The second-order valence-electron chi connectivity index (χ2n) is 4.76. The Morgan fingerprint density at radius 1 is 1.50 bits per heavy atom. The summed E-state index contributed by atoms with van der Waals surface area (Å²) in [7, 11) is -3.83. The quantitative estimate of drug-likeness (QED) is 0.777. The molecule has 0 saturated carbocycles. The Bertz CT molecular complexity index is 593. The van der Waals surface area contributed by atoms with Gasteiger partial charge in [-0.3, -0.25) is 0 Å². The Hall–Kier alpha value is -1.22. The maximum Gasteiger partial charge on any atom is 0.245 e. The lowest BCUT2D eigenvalue weighted by molar-refractivity contribution is -0.0750. The number of benzene rings is 1. The molecule has 0 aromatic heterocycles. The zero-order valence-corrected chi connectivity index (χ0v) is 11.8. The smallest absolute Gasteiger partial charge is 0.245 e. The van der Waals surface area contributed by atoms with Crippen LogP contribution in [-0.2, 0) is 14.8 Å². The molecule has 0 spiro atoms. The van der Waals surface area contributed by atoms with Gasteiger partial charge in [-0.1, -0.05) is 0 Å². The molecule has 2 atom stereocenters. The van der Waals surface area contributed by atoms with Gasteiger partial charge in [0.15, 0.2) is 0 Å². The molecule has 20 heavy (non-hydrogen) atoms. The first-order chi connectivity index (χ1) is 9.34. The second-order valence-corrected chi connectivity index (χ2v) is 6.66. The van der Waals surface area contributed by atoms with Gasteiger partial charge in [-0.25, -0.2) is 12.8 Å². The molecule has 2 unspecified atom stereocenters. The van der Waals surface area contributed by atoms with Crippen molar-refractivity contribution in [3.05, 3.63) is 24.0 Å². The van der Waals surface area contributed by atoms with Crippen molar-refractivity contribution >= 4 is 15.7 Å². The van der Waals surface area contributed by atoms with Crippen LogP contribution in [0.4, 0.5) is 10.1 Å². The van der Waals surface area contributed by atoms with Gasteiger partial charge in [0.25, 0.3) is 0 Å². The number of halogens is 1. The van der Waals surface area contributed by atoms with Crippen LogP contribution in [0.25, 0.3) is 0 Å². The minimum Gasteiger partial charge on any atom is -0.398 e. The topological polar surface area (TPSA) is 92.9 Å². The van der Waals surface area contributed by atoms with Crippen LogP contribution in [0.3, 0.4) is 0 Å². The van der Waals surface area contributed by atoms with Gasteiger partial charge >= 0.3 is 0 Å². The summed E-state index contributed by atoms with van der Waals surface area (Å²) in [6.45, 7) is 1.66. The summed E-state index contributed by atoms with van der Waals surface area (Å²) in [5.41, 5.74) is 5.45. The summed E-state index contributed by atoms with van der Waals surface area (Å²) in [6.07, 6.45) is -0.910. The first kappa shape index (κ1) is 15.2. The minimum absolute atomic E-state index is 0.0417. The highest BCUT2D eigenvalue weighted by molar-refractivity contribution is 7.89. The molecule has 112 valence electrons. The van der Waals surface area contributed by atoms with Gasteiger partial charge < -0.3 is 15.6 Å². The number of hydrogen-bond acceptors (Lipinski definition) is 5. The average molecular weight is 304 g/mol. The van der Waals surface area contributed by atoms with E-state index in [1.165, 1.54) is 4.31 Å². The van der Waals surface area contributed by atoms with E-state index in [2.05, 4.69) is 0 Å². The largest absolute Gasteiger partial charge is 0.398 e. The molecule has 1 heterocycles. The highest BCUT2D eigenvalue weighted by Crippen LogP contribution is 2.25. The van der Waals surface area contributed by atoms with Crippen LogP contribution in [0.15, 0.2) is 23.1 Å². The van der Waals surface area contributed by atoms with Gasteiger partial charge in [0.1, 0.15) is 10.7 Å². The van der Waals surface area contributed by atoms with Crippen molar-refractivity contribution in [3.63, 3.8) is 0 Å². The molecular formula is C12H17FN2O4S. The van der Waals surface area contributed by atoms with Crippen molar-refractivity contribution in [1.29, 1.82) is 0 Å². The Morgan fingerprint density at radius 2 is 2.20 bits per heavy atom. The fourth-order valence-electron chi connectivity index (χ4n) is 2.19. The lowest BCUT2D eigenvalue weighted by atomic mass is 10.2. The number of nitrogens with two attached hydrogens (primary N) is 1. The van der Waals surface area contributed by atoms with Crippen LogP contribution < -0.4 is 5.73 Å². The Labute approximate surface area is 117 Å². The molecule has 0 aliphatic carbocycles. The predicted octanol–water partition coefficient (Wildman–Crippen LogP) is 0.178. The lowest BCUT2D eigenvalue weighted by Crippen LogP contribution is -2.50. The summed E-state index contributed by atoms with van der Waals surface area (Å²) < 4.78 is 44.6. The van der Waals surface area contributed by atoms with Crippen molar-refractivity contribution in [2.24, 2.45) is 0 Å². The van der Waals surface area contributed by atoms with E-state index < -0.39 is 21.9 Å². The number of nitrogens with zero attached hydrogens (tertiary/aromatic N) is 1. The van der Waals surface area contributed by atoms with E-state index in [0.29, 0.717) is 0 Å². The molecule has 0 radical (unpaired) electrons. The van der Waals surface area contributed by atoms with E-state index >= 15 is 0 Å². The summed E-state index contributed by atoms with van der Waals surface area (Å²) in [5, 5.41) is 9.13.